The molecule has 1 aromatic carbocycles. The van der Waals surface area contributed by atoms with Gasteiger partial charge in [-0.15, -0.1) is 0 Å². The number of halogens is 1. The van der Waals surface area contributed by atoms with Crippen molar-refractivity contribution in [2.75, 3.05) is 11.9 Å². The van der Waals surface area contributed by atoms with E-state index in [1.807, 2.05) is 31.5 Å². The predicted octanol–water partition coefficient (Wildman–Crippen LogP) is 3.77. The second-order valence-corrected chi connectivity index (χ2v) is 6.77. The fourth-order valence-corrected chi connectivity index (χ4v) is 3.37. The standard InChI is InChI=1S/C17H19ClN4O/c1-11-2-5-14(13(18)8-11)20-17(23)21-7-6-16-15(9-21)19-10-22(16)12-3-4-12/h2,5,8,10,12H,3-4,6-7,9H2,1H3,(H,20,23). The molecule has 1 saturated carbocycles. The molecule has 2 aliphatic rings. The summed E-state index contributed by atoms with van der Waals surface area (Å²) in [6.45, 7) is 3.24. The van der Waals surface area contributed by atoms with Crippen LogP contribution in [-0.2, 0) is 13.0 Å². The highest BCUT2D eigenvalue weighted by molar-refractivity contribution is 6.33. The predicted molar refractivity (Wildman–Crippen MR) is 89.8 cm³/mol. The number of anilines is 1. The Bertz CT molecular complexity index is 766. The van der Waals surface area contributed by atoms with Gasteiger partial charge in [0.25, 0.3) is 0 Å². The zero-order valence-electron chi connectivity index (χ0n) is 13.1. The van der Waals surface area contributed by atoms with Crippen LogP contribution in [0.4, 0.5) is 10.5 Å². The number of aryl methyl sites for hydroxylation is 1. The molecule has 120 valence electrons. The Balaban J connectivity index is 1.47. The first-order valence-electron chi connectivity index (χ1n) is 7.98. The van der Waals surface area contributed by atoms with Crippen LogP contribution in [0.5, 0.6) is 0 Å². The van der Waals surface area contributed by atoms with Crippen molar-refractivity contribution >= 4 is 23.3 Å². The number of aromatic nitrogens is 2. The van der Waals surface area contributed by atoms with Gasteiger partial charge in [-0.3, -0.25) is 0 Å². The molecule has 1 aliphatic heterocycles. The summed E-state index contributed by atoms with van der Waals surface area (Å²) in [6, 6.07) is 6.14. The van der Waals surface area contributed by atoms with Crippen molar-refractivity contribution in [2.24, 2.45) is 0 Å². The fraction of sp³-hybridized carbons (Fsp3) is 0.412. The number of fused-ring (bicyclic) bond motifs is 1. The topological polar surface area (TPSA) is 50.2 Å². The first kappa shape index (κ1) is 14.6. The second-order valence-electron chi connectivity index (χ2n) is 6.36. The zero-order chi connectivity index (χ0) is 16.0. The van der Waals surface area contributed by atoms with Gasteiger partial charge in [0.1, 0.15) is 0 Å². The lowest BCUT2D eigenvalue weighted by Crippen LogP contribution is -2.39. The molecule has 4 rings (SSSR count). The van der Waals surface area contributed by atoms with Gasteiger partial charge in [-0.2, -0.15) is 0 Å². The average Bonchev–Trinajstić information content (AvgIpc) is 3.29. The Labute approximate surface area is 140 Å². The van der Waals surface area contributed by atoms with Crippen LogP contribution < -0.4 is 5.32 Å². The van der Waals surface area contributed by atoms with Crippen molar-refractivity contribution < 1.29 is 4.79 Å². The number of hydrogen-bond acceptors (Lipinski definition) is 2. The number of benzene rings is 1. The highest BCUT2D eigenvalue weighted by atomic mass is 35.5. The van der Waals surface area contributed by atoms with E-state index in [2.05, 4.69) is 14.9 Å². The highest BCUT2D eigenvalue weighted by Crippen LogP contribution is 2.37. The third-order valence-electron chi connectivity index (χ3n) is 4.54. The minimum atomic E-state index is -0.123. The fourth-order valence-electron chi connectivity index (χ4n) is 3.09. The van der Waals surface area contributed by atoms with Gasteiger partial charge in [0.05, 0.1) is 29.3 Å². The molecule has 0 atom stereocenters. The highest BCUT2D eigenvalue weighted by Gasteiger charge is 2.30. The molecule has 0 spiro atoms. The number of carbonyl (C=O) groups excluding carboxylic acids is 1. The molecule has 0 bridgehead atoms. The summed E-state index contributed by atoms with van der Waals surface area (Å²) in [5.41, 5.74) is 4.04. The van der Waals surface area contributed by atoms with E-state index in [4.69, 9.17) is 11.6 Å². The van der Waals surface area contributed by atoms with Gasteiger partial charge >= 0.3 is 6.03 Å². The lowest BCUT2D eigenvalue weighted by molar-refractivity contribution is 0.205. The Kier molecular flexibility index (Phi) is 3.53. The van der Waals surface area contributed by atoms with Gasteiger partial charge in [0, 0.05) is 24.7 Å². The third-order valence-corrected chi connectivity index (χ3v) is 4.85. The van der Waals surface area contributed by atoms with Gasteiger partial charge in [-0.1, -0.05) is 17.7 Å². The molecule has 0 saturated heterocycles. The van der Waals surface area contributed by atoms with Gasteiger partial charge < -0.3 is 14.8 Å². The van der Waals surface area contributed by atoms with E-state index in [-0.39, 0.29) is 6.03 Å². The van der Waals surface area contributed by atoms with Crippen LogP contribution >= 0.6 is 11.6 Å². The van der Waals surface area contributed by atoms with Gasteiger partial charge in [-0.25, -0.2) is 9.78 Å². The van der Waals surface area contributed by atoms with Crippen molar-refractivity contribution in [3.05, 3.63) is 46.5 Å². The largest absolute Gasteiger partial charge is 0.331 e. The normalized spacial score (nSPS) is 17.0. The summed E-state index contributed by atoms with van der Waals surface area (Å²) in [5, 5.41) is 3.46. The number of rotatable bonds is 2. The van der Waals surface area contributed by atoms with E-state index in [0.717, 1.165) is 17.7 Å². The molecule has 0 unspecified atom stereocenters. The van der Waals surface area contributed by atoms with Crippen LogP contribution in [0.2, 0.25) is 5.02 Å². The number of carbonyl (C=O) groups is 1. The van der Waals surface area contributed by atoms with Crippen LogP contribution in [0.1, 0.15) is 35.8 Å². The van der Waals surface area contributed by atoms with E-state index < -0.39 is 0 Å². The molecule has 23 heavy (non-hydrogen) atoms. The molecular formula is C17H19ClN4O. The first-order chi connectivity index (χ1) is 11.1. The van der Waals surface area contributed by atoms with Gasteiger partial charge in [0.15, 0.2) is 0 Å². The van der Waals surface area contributed by atoms with Crippen LogP contribution in [0, 0.1) is 6.92 Å². The number of urea groups is 1. The maximum absolute atomic E-state index is 12.5. The number of imidazole rings is 1. The van der Waals surface area contributed by atoms with Crippen molar-refractivity contribution in [3.63, 3.8) is 0 Å². The van der Waals surface area contributed by atoms with E-state index in [0.29, 0.717) is 29.8 Å². The summed E-state index contributed by atoms with van der Waals surface area (Å²) in [7, 11) is 0. The summed E-state index contributed by atoms with van der Waals surface area (Å²) < 4.78 is 2.29. The summed E-state index contributed by atoms with van der Waals surface area (Å²) >= 11 is 6.19. The number of hydrogen-bond donors (Lipinski definition) is 1. The molecule has 0 radical (unpaired) electrons. The monoisotopic (exact) mass is 330 g/mol. The third kappa shape index (κ3) is 2.81. The SMILES string of the molecule is Cc1ccc(NC(=O)N2CCc3c(ncn3C3CC3)C2)c(Cl)c1. The van der Waals surface area contributed by atoms with Crippen molar-refractivity contribution in [3.8, 4) is 0 Å². The number of nitrogens with zero attached hydrogens (tertiary/aromatic N) is 3. The first-order valence-corrected chi connectivity index (χ1v) is 8.36. The molecule has 2 heterocycles. The van der Waals surface area contributed by atoms with Crippen LogP contribution in [0.3, 0.4) is 0 Å². The van der Waals surface area contributed by atoms with E-state index in [9.17, 15) is 4.79 Å². The summed E-state index contributed by atoms with van der Waals surface area (Å²) in [6.07, 6.45) is 5.29. The van der Waals surface area contributed by atoms with Crippen molar-refractivity contribution in [2.45, 2.75) is 38.8 Å². The average molecular weight is 331 g/mol. The Hall–Kier alpha value is -2.01. The van der Waals surface area contributed by atoms with Crippen LogP contribution in [0.25, 0.3) is 0 Å². The molecule has 1 N–H and O–H groups in total. The molecule has 1 aromatic heterocycles. The minimum Gasteiger partial charge on any atom is -0.331 e. The molecule has 2 amide bonds. The van der Waals surface area contributed by atoms with Gasteiger partial charge in [-0.05, 0) is 37.5 Å². The molecular weight excluding hydrogens is 312 g/mol. The number of amides is 2. The second kappa shape index (κ2) is 5.57. The van der Waals surface area contributed by atoms with E-state index in [1.54, 1.807) is 4.90 Å². The lowest BCUT2D eigenvalue weighted by atomic mass is 10.1. The smallest absolute Gasteiger partial charge is 0.322 e. The maximum Gasteiger partial charge on any atom is 0.322 e. The van der Waals surface area contributed by atoms with Crippen molar-refractivity contribution in [1.82, 2.24) is 14.5 Å². The molecule has 1 fully saturated rings. The molecule has 6 heteroatoms. The van der Waals surface area contributed by atoms with Crippen LogP contribution in [-0.4, -0.2) is 27.0 Å². The number of nitrogens with one attached hydrogen (secondary N) is 1. The molecule has 2 aromatic rings. The molecule has 5 nitrogen and oxygen atoms in total. The maximum atomic E-state index is 12.5. The Morgan fingerprint density at radius 3 is 2.96 bits per heavy atom. The van der Waals surface area contributed by atoms with E-state index in [1.165, 1.54) is 18.5 Å². The quantitative estimate of drug-likeness (QED) is 0.911. The Morgan fingerprint density at radius 1 is 1.39 bits per heavy atom. The van der Waals surface area contributed by atoms with Crippen molar-refractivity contribution in [1.29, 1.82) is 0 Å². The van der Waals surface area contributed by atoms with E-state index >= 15 is 0 Å². The summed E-state index contributed by atoms with van der Waals surface area (Å²) in [5.74, 6) is 0. The van der Waals surface area contributed by atoms with Gasteiger partial charge in [0.2, 0.25) is 0 Å². The molecule has 1 aliphatic carbocycles. The Morgan fingerprint density at radius 2 is 2.22 bits per heavy atom. The minimum absolute atomic E-state index is 0.123. The lowest BCUT2D eigenvalue weighted by Gasteiger charge is -2.27. The van der Waals surface area contributed by atoms with Crippen LogP contribution in [0.15, 0.2) is 24.5 Å². The zero-order valence-corrected chi connectivity index (χ0v) is 13.8. The summed E-state index contributed by atoms with van der Waals surface area (Å²) in [4.78, 5) is 18.8.